The average Bonchev–Trinajstić information content (AvgIpc) is 3.04. The average molecular weight is 235 g/mol. The van der Waals surface area contributed by atoms with Crippen LogP contribution in [0.5, 0.6) is 0 Å². The van der Waals surface area contributed by atoms with Gasteiger partial charge in [-0.25, -0.2) is 4.39 Å². The minimum atomic E-state index is -0.0656. The molecule has 2 rings (SSSR count). The second-order valence-electron chi connectivity index (χ2n) is 5.23. The van der Waals surface area contributed by atoms with Crippen molar-refractivity contribution in [3.05, 3.63) is 35.6 Å². The molecule has 1 saturated carbocycles. The quantitative estimate of drug-likeness (QED) is 0.797. The lowest BCUT2D eigenvalue weighted by Gasteiger charge is -2.19. The summed E-state index contributed by atoms with van der Waals surface area (Å²) in [7, 11) is 0. The van der Waals surface area contributed by atoms with E-state index in [1.165, 1.54) is 6.42 Å². The van der Waals surface area contributed by atoms with Gasteiger partial charge in [0.2, 0.25) is 0 Å². The smallest absolute Gasteiger partial charge is 0.126 e. The van der Waals surface area contributed by atoms with Crippen molar-refractivity contribution in [2.75, 3.05) is 6.54 Å². The van der Waals surface area contributed by atoms with Crippen molar-refractivity contribution in [1.82, 2.24) is 5.32 Å². The van der Waals surface area contributed by atoms with Gasteiger partial charge in [-0.15, -0.1) is 0 Å². The molecule has 1 aromatic carbocycles. The molecule has 1 fully saturated rings. The first-order chi connectivity index (χ1) is 8.22. The van der Waals surface area contributed by atoms with Gasteiger partial charge in [0, 0.05) is 6.04 Å². The summed E-state index contributed by atoms with van der Waals surface area (Å²) < 4.78 is 13.6. The van der Waals surface area contributed by atoms with Gasteiger partial charge in [0.15, 0.2) is 0 Å². The summed E-state index contributed by atoms with van der Waals surface area (Å²) >= 11 is 0. The van der Waals surface area contributed by atoms with E-state index in [0.29, 0.717) is 6.04 Å². The van der Waals surface area contributed by atoms with Gasteiger partial charge in [0.25, 0.3) is 0 Å². The third-order valence-electron chi connectivity index (χ3n) is 3.74. The molecular formula is C15H22FN. The van der Waals surface area contributed by atoms with Crippen molar-refractivity contribution in [1.29, 1.82) is 0 Å². The molecule has 1 N–H and O–H groups in total. The minimum Gasteiger partial charge on any atom is -0.313 e. The van der Waals surface area contributed by atoms with Crippen molar-refractivity contribution in [2.45, 2.75) is 39.2 Å². The highest BCUT2D eigenvalue weighted by Crippen LogP contribution is 2.41. The number of rotatable bonds is 6. The van der Waals surface area contributed by atoms with Gasteiger partial charge >= 0.3 is 0 Å². The van der Waals surface area contributed by atoms with E-state index in [4.69, 9.17) is 0 Å². The van der Waals surface area contributed by atoms with Crippen molar-refractivity contribution < 1.29 is 4.39 Å². The lowest BCUT2D eigenvalue weighted by atomic mass is 10.0. The standard InChI is InChI=1S/C15H22FN/c1-3-8-17-15(13-9-11(13)2)10-12-6-4-5-7-14(12)16/h4-7,11,13,15,17H,3,8-10H2,1-2H3. The third kappa shape index (κ3) is 3.29. The van der Waals surface area contributed by atoms with Gasteiger partial charge in [-0.1, -0.05) is 32.0 Å². The summed E-state index contributed by atoms with van der Waals surface area (Å²) in [4.78, 5) is 0. The molecule has 2 heteroatoms. The molecule has 0 radical (unpaired) electrons. The Morgan fingerprint density at radius 2 is 2.12 bits per heavy atom. The molecule has 0 saturated heterocycles. The highest BCUT2D eigenvalue weighted by molar-refractivity contribution is 5.19. The van der Waals surface area contributed by atoms with Crippen molar-refractivity contribution in [3.8, 4) is 0 Å². The first-order valence-corrected chi connectivity index (χ1v) is 6.69. The number of hydrogen-bond acceptors (Lipinski definition) is 1. The molecule has 0 bridgehead atoms. The molecule has 3 unspecified atom stereocenters. The fraction of sp³-hybridized carbons (Fsp3) is 0.600. The summed E-state index contributed by atoms with van der Waals surface area (Å²) in [5.41, 5.74) is 0.847. The molecule has 1 aliphatic rings. The molecule has 1 aliphatic carbocycles. The molecule has 0 spiro atoms. The van der Waals surface area contributed by atoms with Crippen LogP contribution >= 0.6 is 0 Å². The second kappa shape index (κ2) is 5.63. The first kappa shape index (κ1) is 12.6. The van der Waals surface area contributed by atoms with Crippen LogP contribution in [-0.2, 0) is 6.42 Å². The molecule has 1 aromatic rings. The zero-order valence-corrected chi connectivity index (χ0v) is 10.7. The van der Waals surface area contributed by atoms with Gasteiger partial charge in [0.05, 0.1) is 0 Å². The summed E-state index contributed by atoms with van der Waals surface area (Å²) in [5.74, 6) is 1.47. The van der Waals surface area contributed by atoms with Crippen LogP contribution in [0.3, 0.4) is 0 Å². The van der Waals surface area contributed by atoms with E-state index in [0.717, 1.165) is 36.8 Å². The fourth-order valence-corrected chi connectivity index (χ4v) is 2.52. The first-order valence-electron chi connectivity index (χ1n) is 6.69. The van der Waals surface area contributed by atoms with Crippen LogP contribution in [0.15, 0.2) is 24.3 Å². The van der Waals surface area contributed by atoms with E-state index >= 15 is 0 Å². The monoisotopic (exact) mass is 235 g/mol. The Morgan fingerprint density at radius 1 is 1.41 bits per heavy atom. The summed E-state index contributed by atoms with van der Waals surface area (Å²) in [6.45, 7) is 5.48. The van der Waals surface area contributed by atoms with Crippen molar-refractivity contribution >= 4 is 0 Å². The minimum absolute atomic E-state index is 0.0656. The van der Waals surface area contributed by atoms with E-state index in [-0.39, 0.29) is 5.82 Å². The van der Waals surface area contributed by atoms with Crippen LogP contribution < -0.4 is 5.32 Å². The van der Waals surface area contributed by atoms with Crippen molar-refractivity contribution in [3.63, 3.8) is 0 Å². The third-order valence-corrected chi connectivity index (χ3v) is 3.74. The normalized spacial score (nSPS) is 24.6. The lowest BCUT2D eigenvalue weighted by Crippen LogP contribution is -2.34. The van der Waals surface area contributed by atoms with Crippen LogP contribution in [0.25, 0.3) is 0 Å². The fourth-order valence-electron chi connectivity index (χ4n) is 2.52. The van der Waals surface area contributed by atoms with Crippen LogP contribution in [0, 0.1) is 17.7 Å². The van der Waals surface area contributed by atoms with E-state index in [2.05, 4.69) is 19.2 Å². The van der Waals surface area contributed by atoms with Crippen LogP contribution in [0.4, 0.5) is 4.39 Å². The van der Waals surface area contributed by atoms with Crippen LogP contribution in [0.2, 0.25) is 0 Å². The van der Waals surface area contributed by atoms with Gasteiger partial charge < -0.3 is 5.32 Å². The molecular weight excluding hydrogens is 213 g/mol. The molecule has 3 atom stereocenters. The Hall–Kier alpha value is -0.890. The molecule has 0 heterocycles. The molecule has 17 heavy (non-hydrogen) atoms. The molecule has 0 amide bonds. The summed E-state index contributed by atoms with van der Waals surface area (Å²) in [6, 6.07) is 7.59. The Morgan fingerprint density at radius 3 is 2.71 bits per heavy atom. The van der Waals surface area contributed by atoms with Crippen LogP contribution in [-0.4, -0.2) is 12.6 Å². The SMILES string of the molecule is CCCNC(Cc1ccccc1F)C1CC1C. The van der Waals surface area contributed by atoms with E-state index < -0.39 is 0 Å². The molecule has 94 valence electrons. The number of hydrogen-bond donors (Lipinski definition) is 1. The van der Waals surface area contributed by atoms with Crippen molar-refractivity contribution in [2.24, 2.45) is 11.8 Å². The van der Waals surface area contributed by atoms with Crippen LogP contribution in [0.1, 0.15) is 32.3 Å². The maximum Gasteiger partial charge on any atom is 0.126 e. The maximum atomic E-state index is 13.6. The number of nitrogens with one attached hydrogen (secondary N) is 1. The predicted octanol–water partition coefficient (Wildman–Crippen LogP) is 3.39. The lowest BCUT2D eigenvalue weighted by molar-refractivity contribution is 0.436. The van der Waals surface area contributed by atoms with Gasteiger partial charge in [-0.2, -0.15) is 0 Å². The Balaban J connectivity index is 1.99. The number of halogens is 1. The van der Waals surface area contributed by atoms with E-state index in [1.54, 1.807) is 12.1 Å². The zero-order valence-electron chi connectivity index (χ0n) is 10.7. The zero-order chi connectivity index (χ0) is 12.3. The summed E-state index contributed by atoms with van der Waals surface area (Å²) in [6.07, 6.45) is 3.24. The van der Waals surface area contributed by atoms with Gasteiger partial charge in [-0.3, -0.25) is 0 Å². The Bertz CT molecular complexity index is 364. The van der Waals surface area contributed by atoms with E-state index in [1.807, 2.05) is 12.1 Å². The second-order valence-corrected chi connectivity index (χ2v) is 5.23. The molecule has 0 aromatic heterocycles. The topological polar surface area (TPSA) is 12.0 Å². The maximum absolute atomic E-state index is 13.6. The largest absolute Gasteiger partial charge is 0.313 e. The molecule has 1 nitrogen and oxygen atoms in total. The van der Waals surface area contributed by atoms with Gasteiger partial charge in [-0.05, 0) is 49.3 Å². The van der Waals surface area contributed by atoms with Gasteiger partial charge in [0.1, 0.15) is 5.82 Å². The Kier molecular flexibility index (Phi) is 4.16. The highest BCUT2D eigenvalue weighted by atomic mass is 19.1. The number of benzene rings is 1. The predicted molar refractivity (Wildman–Crippen MR) is 69.5 cm³/mol. The summed E-state index contributed by atoms with van der Waals surface area (Å²) in [5, 5.41) is 3.57. The molecule has 0 aliphatic heterocycles. The van der Waals surface area contributed by atoms with E-state index in [9.17, 15) is 4.39 Å². The highest BCUT2D eigenvalue weighted by Gasteiger charge is 2.39. The Labute approximate surface area is 103 Å².